The standard InChI is InChI=1S/C18H20N2S/c1-13-19-18(14-8-10-16(21-3)11-9-14)17-7-5-4-6-15(17)12-20(13)2/h4-11,18H,12H2,1-3H3. The number of rotatable bonds is 2. The molecule has 0 saturated carbocycles. The molecule has 0 saturated heterocycles. The van der Waals surface area contributed by atoms with Crippen LogP contribution in [0.3, 0.4) is 0 Å². The summed E-state index contributed by atoms with van der Waals surface area (Å²) in [5.74, 6) is 1.09. The molecule has 0 amide bonds. The van der Waals surface area contributed by atoms with E-state index in [1.807, 2.05) is 0 Å². The summed E-state index contributed by atoms with van der Waals surface area (Å²) in [7, 11) is 2.11. The molecule has 0 N–H and O–H groups in total. The molecule has 108 valence electrons. The van der Waals surface area contributed by atoms with Gasteiger partial charge in [0.1, 0.15) is 6.04 Å². The van der Waals surface area contributed by atoms with Gasteiger partial charge < -0.3 is 4.90 Å². The van der Waals surface area contributed by atoms with Gasteiger partial charge in [-0.2, -0.15) is 0 Å². The minimum atomic E-state index is 0.0991. The van der Waals surface area contributed by atoms with Crippen LogP contribution in [-0.4, -0.2) is 24.0 Å². The molecule has 1 aliphatic heterocycles. The third-order valence-electron chi connectivity index (χ3n) is 4.06. The first-order valence-electron chi connectivity index (χ1n) is 7.16. The first kappa shape index (κ1) is 14.2. The predicted octanol–water partition coefficient (Wildman–Crippen LogP) is 4.36. The molecular weight excluding hydrogens is 276 g/mol. The second-order valence-corrected chi connectivity index (χ2v) is 6.29. The third-order valence-corrected chi connectivity index (χ3v) is 4.80. The van der Waals surface area contributed by atoms with Gasteiger partial charge in [0.25, 0.3) is 0 Å². The van der Waals surface area contributed by atoms with E-state index in [0.29, 0.717) is 0 Å². The highest BCUT2D eigenvalue weighted by Gasteiger charge is 2.21. The van der Waals surface area contributed by atoms with E-state index in [2.05, 4.69) is 73.7 Å². The second-order valence-electron chi connectivity index (χ2n) is 5.41. The average Bonchev–Trinajstić information content (AvgIpc) is 2.65. The highest BCUT2D eigenvalue weighted by atomic mass is 32.2. The fourth-order valence-electron chi connectivity index (χ4n) is 2.71. The summed E-state index contributed by atoms with van der Waals surface area (Å²) in [5.41, 5.74) is 3.94. The summed E-state index contributed by atoms with van der Waals surface area (Å²) in [6.07, 6.45) is 2.10. The van der Waals surface area contributed by atoms with Gasteiger partial charge >= 0.3 is 0 Å². The lowest BCUT2D eigenvalue weighted by molar-refractivity contribution is 0.500. The van der Waals surface area contributed by atoms with Gasteiger partial charge in [-0.15, -0.1) is 11.8 Å². The van der Waals surface area contributed by atoms with Crippen LogP contribution in [0, 0.1) is 0 Å². The summed E-state index contributed by atoms with van der Waals surface area (Å²) in [6, 6.07) is 17.5. The fourth-order valence-corrected chi connectivity index (χ4v) is 3.12. The van der Waals surface area contributed by atoms with E-state index in [-0.39, 0.29) is 6.04 Å². The Morgan fingerprint density at radius 2 is 1.81 bits per heavy atom. The van der Waals surface area contributed by atoms with Crippen LogP contribution in [0.25, 0.3) is 0 Å². The Balaban J connectivity index is 2.09. The Bertz CT molecular complexity index is 661. The molecule has 3 rings (SSSR count). The number of fused-ring (bicyclic) bond motifs is 1. The van der Waals surface area contributed by atoms with Crippen LogP contribution in [-0.2, 0) is 6.54 Å². The molecule has 1 heterocycles. The van der Waals surface area contributed by atoms with Crippen LogP contribution in [0.2, 0.25) is 0 Å². The summed E-state index contributed by atoms with van der Waals surface area (Å²) < 4.78 is 0. The smallest absolute Gasteiger partial charge is 0.102 e. The van der Waals surface area contributed by atoms with Gasteiger partial charge in [0.2, 0.25) is 0 Å². The first-order valence-corrected chi connectivity index (χ1v) is 8.39. The van der Waals surface area contributed by atoms with Crippen LogP contribution in [0.5, 0.6) is 0 Å². The fraction of sp³-hybridized carbons (Fsp3) is 0.278. The summed E-state index contributed by atoms with van der Waals surface area (Å²) in [4.78, 5) is 8.47. The van der Waals surface area contributed by atoms with Crippen molar-refractivity contribution >= 4 is 17.6 Å². The van der Waals surface area contributed by atoms with Crippen molar-refractivity contribution in [1.82, 2.24) is 4.90 Å². The maximum Gasteiger partial charge on any atom is 0.102 e. The monoisotopic (exact) mass is 296 g/mol. The van der Waals surface area contributed by atoms with Crippen LogP contribution in [0.15, 0.2) is 58.4 Å². The third kappa shape index (κ3) is 2.84. The molecule has 0 aliphatic carbocycles. The Morgan fingerprint density at radius 1 is 1.10 bits per heavy atom. The van der Waals surface area contributed by atoms with Crippen molar-refractivity contribution in [1.29, 1.82) is 0 Å². The molecule has 2 nitrogen and oxygen atoms in total. The minimum absolute atomic E-state index is 0.0991. The number of aliphatic imine (C=N–C) groups is 1. The Labute approximate surface area is 130 Å². The quantitative estimate of drug-likeness (QED) is 0.765. The molecule has 1 atom stereocenters. The maximum atomic E-state index is 4.96. The average molecular weight is 296 g/mol. The zero-order chi connectivity index (χ0) is 14.8. The zero-order valence-electron chi connectivity index (χ0n) is 12.7. The Morgan fingerprint density at radius 3 is 2.52 bits per heavy atom. The van der Waals surface area contributed by atoms with E-state index < -0.39 is 0 Å². The number of hydrogen-bond acceptors (Lipinski definition) is 3. The molecule has 0 radical (unpaired) electrons. The largest absolute Gasteiger partial charge is 0.359 e. The molecule has 0 fully saturated rings. The van der Waals surface area contributed by atoms with E-state index in [1.54, 1.807) is 11.8 Å². The first-order chi connectivity index (χ1) is 10.2. The van der Waals surface area contributed by atoms with E-state index in [4.69, 9.17) is 4.99 Å². The van der Waals surface area contributed by atoms with Crippen LogP contribution < -0.4 is 0 Å². The van der Waals surface area contributed by atoms with Crippen LogP contribution in [0.4, 0.5) is 0 Å². The lowest BCUT2D eigenvalue weighted by atomic mass is 9.95. The van der Waals surface area contributed by atoms with Gasteiger partial charge in [-0.25, -0.2) is 0 Å². The van der Waals surface area contributed by atoms with Crippen LogP contribution >= 0.6 is 11.8 Å². The zero-order valence-corrected chi connectivity index (χ0v) is 13.5. The van der Waals surface area contributed by atoms with Crippen molar-refractivity contribution in [3.05, 3.63) is 65.2 Å². The second kappa shape index (κ2) is 5.94. The lowest BCUT2D eigenvalue weighted by Gasteiger charge is -2.16. The number of hydrogen-bond donors (Lipinski definition) is 0. The van der Waals surface area contributed by atoms with E-state index >= 15 is 0 Å². The number of thioether (sulfide) groups is 1. The molecule has 3 heteroatoms. The summed E-state index contributed by atoms with van der Waals surface area (Å²) in [5, 5.41) is 0. The number of amidine groups is 1. The van der Waals surface area contributed by atoms with Crippen molar-refractivity contribution in [3.63, 3.8) is 0 Å². The normalized spacial score (nSPS) is 18.0. The van der Waals surface area contributed by atoms with Gasteiger partial charge in [-0.1, -0.05) is 36.4 Å². The van der Waals surface area contributed by atoms with Gasteiger partial charge in [0.15, 0.2) is 0 Å². The SMILES string of the molecule is CSc1ccc(C2N=C(C)N(C)Cc3ccccc32)cc1. The molecule has 0 aromatic heterocycles. The summed E-state index contributed by atoms with van der Waals surface area (Å²) in [6.45, 7) is 3.01. The lowest BCUT2D eigenvalue weighted by Crippen LogP contribution is -2.22. The molecule has 1 unspecified atom stereocenters. The number of nitrogens with zero attached hydrogens (tertiary/aromatic N) is 2. The molecule has 2 aromatic carbocycles. The van der Waals surface area contributed by atoms with Gasteiger partial charge in [0.05, 0.1) is 5.84 Å². The highest BCUT2D eigenvalue weighted by Crippen LogP contribution is 2.32. The van der Waals surface area contributed by atoms with E-state index in [9.17, 15) is 0 Å². The van der Waals surface area contributed by atoms with Crippen LogP contribution in [0.1, 0.15) is 29.7 Å². The van der Waals surface area contributed by atoms with Crippen molar-refractivity contribution in [2.24, 2.45) is 4.99 Å². The molecule has 2 aromatic rings. The van der Waals surface area contributed by atoms with E-state index in [1.165, 1.54) is 21.6 Å². The van der Waals surface area contributed by atoms with Crippen molar-refractivity contribution < 1.29 is 0 Å². The highest BCUT2D eigenvalue weighted by molar-refractivity contribution is 7.98. The van der Waals surface area contributed by atoms with Crippen molar-refractivity contribution in [3.8, 4) is 0 Å². The van der Waals surface area contributed by atoms with Gasteiger partial charge in [-0.05, 0) is 42.0 Å². The number of benzene rings is 2. The topological polar surface area (TPSA) is 15.6 Å². The van der Waals surface area contributed by atoms with E-state index in [0.717, 1.165) is 12.4 Å². The molecule has 21 heavy (non-hydrogen) atoms. The molecule has 0 spiro atoms. The van der Waals surface area contributed by atoms with Crippen molar-refractivity contribution in [2.45, 2.75) is 24.4 Å². The van der Waals surface area contributed by atoms with Gasteiger partial charge in [-0.3, -0.25) is 4.99 Å². The van der Waals surface area contributed by atoms with Gasteiger partial charge in [0, 0.05) is 18.5 Å². The summed E-state index contributed by atoms with van der Waals surface area (Å²) >= 11 is 1.77. The Hall–Kier alpha value is -1.74. The van der Waals surface area contributed by atoms with Crippen molar-refractivity contribution in [2.75, 3.05) is 13.3 Å². The predicted molar refractivity (Wildman–Crippen MR) is 91.1 cm³/mol. The maximum absolute atomic E-state index is 4.96. The molecule has 1 aliphatic rings. The molecule has 0 bridgehead atoms. The Kier molecular flexibility index (Phi) is 4.02. The molecular formula is C18H20N2S. The minimum Gasteiger partial charge on any atom is -0.359 e.